The van der Waals surface area contributed by atoms with Crippen LogP contribution in [0.1, 0.15) is 44.0 Å². The molecule has 1 saturated heterocycles. The predicted molar refractivity (Wildman–Crippen MR) is 130 cm³/mol. The molecule has 4 rings (SSSR count). The van der Waals surface area contributed by atoms with Crippen LogP contribution in [0.4, 0.5) is 10.6 Å². The minimum Gasteiger partial charge on any atom is -0.496 e. The predicted octanol–water partition coefficient (Wildman–Crippen LogP) is 2.83. The van der Waals surface area contributed by atoms with E-state index in [1.54, 1.807) is 13.3 Å². The van der Waals surface area contributed by atoms with Gasteiger partial charge in [0.05, 0.1) is 20.3 Å². The summed E-state index contributed by atoms with van der Waals surface area (Å²) in [5.41, 5.74) is 2.13. The van der Waals surface area contributed by atoms with E-state index in [-0.39, 0.29) is 12.6 Å². The Balaban J connectivity index is 1.54. The standard InChI is InChI=1S/C25H31N5O5/c1-25(2,3)35-24(32)30-16-28-21(22-23(30)27-10-9-26-22)18-7-5-17(15-19(18)33-4)6-8-20(31)29-11-13-34-14-12-29/h5,7,9-10,15H,6,8,11-14,16H2,1-4H3. The molecule has 1 aromatic heterocycles. The van der Waals surface area contributed by atoms with Crippen LogP contribution < -0.4 is 9.64 Å². The molecule has 0 radical (unpaired) electrons. The van der Waals surface area contributed by atoms with Crippen molar-refractivity contribution in [3.63, 3.8) is 0 Å². The second kappa shape index (κ2) is 10.4. The van der Waals surface area contributed by atoms with Crippen molar-refractivity contribution in [1.29, 1.82) is 0 Å². The van der Waals surface area contributed by atoms with Crippen LogP contribution in [-0.2, 0) is 20.7 Å². The van der Waals surface area contributed by atoms with Crippen LogP contribution in [0.5, 0.6) is 5.75 Å². The maximum atomic E-state index is 12.7. The molecular formula is C25H31N5O5. The van der Waals surface area contributed by atoms with E-state index in [4.69, 9.17) is 14.2 Å². The van der Waals surface area contributed by atoms with Gasteiger partial charge in [0.1, 0.15) is 29.4 Å². The Kier molecular flexibility index (Phi) is 7.30. The molecule has 0 aliphatic carbocycles. The van der Waals surface area contributed by atoms with E-state index in [1.807, 2.05) is 43.9 Å². The molecule has 0 N–H and O–H groups in total. The zero-order chi connectivity index (χ0) is 25.0. The summed E-state index contributed by atoms with van der Waals surface area (Å²) in [5.74, 6) is 1.12. The van der Waals surface area contributed by atoms with Crippen LogP contribution in [0, 0.1) is 0 Å². The number of fused-ring (bicyclic) bond motifs is 1. The molecule has 0 saturated carbocycles. The molecule has 0 unspecified atom stereocenters. The molecule has 2 aliphatic heterocycles. The number of hydrogen-bond acceptors (Lipinski definition) is 8. The van der Waals surface area contributed by atoms with Crippen LogP contribution in [0.15, 0.2) is 35.6 Å². The summed E-state index contributed by atoms with van der Waals surface area (Å²) in [5, 5.41) is 0. The SMILES string of the molecule is COc1cc(CCC(=O)N2CCOCC2)ccc1C1=NCN(C(=O)OC(C)(C)C)c2nccnc21. The first-order valence-electron chi connectivity index (χ1n) is 11.7. The van der Waals surface area contributed by atoms with Gasteiger partial charge in [-0.15, -0.1) is 0 Å². The van der Waals surface area contributed by atoms with Gasteiger partial charge in [-0.25, -0.2) is 19.7 Å². The van der Waals surface area contributed by atoms with E-state index in [0.717, 1.165) is 11.1 Å². The number of aliphatic imine (C=N–C) groups is 1. The van der Waals surface area contributed by atoms with Crippen LogP contribution in [-0.4, -0.2) is 78.3 Å². The normalized spacial score (nSPS) is 15.8. The third kappa shape index (κ3) is 5.76. The number of amides is 2. The lowest BCUT2D eigenvalue weighted by atomic mass is 10.00. The fraction of sp³-hybridized carbons (Fsp3) is 0.480. The summed E-state index contributed by atoms with van der Waals surface area (Å²) in [6.07, 6.45) is 3.58. The van der Waals surface area contributed by atoms with Crippen molar-refractivity contribution in [2.45, 2.75) is 39.2 Å². The lowest BCUT2D eigenvalue weighted by molar-refractivity contribution is -0.135. The van der Waals surface area contributed by atoms with Crippen molar-refractivity contribution in [1.82, 2.24) is 14.9 Å². The Hall–Kier alpha value is -3.53. The molecule has 0 spiro atoms. The Morgan fingerprint density at radius 1 is 1.11 bits per heavy atom. The third-order valence-corrected chi connectivity index (χ3v) is 5.66. The Morgan fingerprint density at radius 2 is 1.86 bits per heavy atom. The number of morpholine rings is 1. The monoisotopic (exact) mass is 481 g/mol. The van der Waals surface area contributed by atoms with E-state index in [1.165, 1.54) is 11.1 Å². The average Bonchev–Trinajstić information content (AvgIpc) is 2.86. The molecule has 35 heavy (non-hydrogen) atoms. The number of hydrogen-bond donors (Lipinski definition) is 0. The van der Waals surface area contributed by atoms with Crippen molar-refractivity contribution in [2.75, 3.05) is 45.0 Å². The fourth-order valence-electron chi connectivity index (χ4n) is 3.96. The van der Waals surface area contributed by atoms with Crippen LogP contribution >= 0.6 is 0 Å². The number of carbonyl (C=O) groups is 2. The van der Waals surface area contributed by atoms with Crippen molar-refractivity contribution < 1.29 is 23.8 Å². The number of aryl methyl sites for hydroxylation is 1. The van der Waals surface area contributed by atoms with E-state index in [9.17, 15) is 9.59 Å². The zero-order valence-electron chi connectivity index (χ0n) is 20.6. The molecule has 1 aromatic carbocycles. The molecule has 186 valence electrons. The van der Waals surface area contributed by atoms with Gasteiger partial charge in [-0.05, 0) is 44.9 Å². The first-order valence-corrected chi connectivity index (χ1v) is 11.7. The maximum absolute atomic E-state index is 12.7. The summed E-state index contributed by atoms with van der Waals surface area (Å²) in [7, 11) is 1.59. The van der Waals surface area contributed by atoms with Gasteiger partial charge in [-0.3, -0.25) is 9.79 Å². The summed E-state index contributed by atoms with van der Waals surface area (Å²) in [6.45, 7) is 7.93. The Labute approximate surface area is 204 Å². The number of benzene rings is 1. The maximum Gasteiger partial charge on any atom is 0.417 e. The highest BCUT2D eigenvalue weighted by molar-refractivity contribution is 6.17. The number of aromatic nitrogens is 2. The van der Waals surface area contributed by atoms with Gasteiger partial charge >= 0.3 is 6.09 Å². The van der Waals surface area contributed by atoms with Gasteiger partial charge in [-0.1, -0.05) is 6.07 Å². The smallest absolute Gasteiger partial charge is 0.417 e. The Bertz CT molecular complexity index is 1120. The van der Waals surface area contributed by atoms with E-state index in [2.05, 4.69) is 15.0 Å². The topological polar surface area (TPSA) is 106 Å². The van der Waals surface area contributed by atoms with Gasteiger partial charge in [0, 0.05) is 37.5 Å². The fourth-order valence-corrected chi connectivity index (χ4v) is 3.96. The summed E-state index contributed by atoms with van der Waals surface area (Å²) < 4.78 is 16.5. The molecule has 0 atom stereocenters. The van der Waals surface area contributed by atoms with Gasteiger partial charge in [-0.2, -0.15) is 0 Å². The highest BCUT2D eigenvalue weighted by atomic mass is 16.6. The number of carbonyl (C=O) groups excluding carboxylic acids is 2. The first kappa shape index (κ1) is 24.6. The van der Waals surface area contributed by atoms with Gasteiger partial charge in [0.2, 0.25) is 5.91 Å². The third-order valence-electron chi connectivity index (χ3n) is 5.66. The lowest BCUT2D eigenvalue weighted by Gasteiger charge is -2.29. The number of rotatable bonds is 5. The van der Waals surface area contributed by atoms with Crippen molar-refractivity contribution in [3.8, 4) is 5.75 Å². The molecular weight excluding hydrogens is 450 g/mol. The minimum atomic E-state index is -0.647. The molecule has 10 heteroatoms. The number of nitrogens with zero attached hydrogens (tertiary/aromatic N) is 5. The summed E-state index contributed by atoms with van der Waals surface area (Å²) in [4.78, 5) is 41.9. The number of anilines is 1. The molecule has 1 fully saturated rings. The van der Waals surface area contributed by atoms with Crippen molar-refractivity contribution >= 4 is 23.5 Å². The lowest BCUT2D eigenvalue weighted by Crippen LogP contribution is -2.40. The number of ether oxygens (including phenoxy) is 3. The molecule has 2 aromatic rings. The van der Waals surface area contributed by atoms with Gasteiger partial charge in [0.25, 0.3) is 0 Å². The minimum absolute atomic E-state index is 0.0505. The Morgan fingerprint density at radius 3 is 2.57 bits per heavy atom. The van der Waals surface area contributed by atoms with E-state index < -0.39 is 11.7 Å². The highest BCUT2D eigenvalue weighted by Gasteiger charge is 2.32. The molecule has 0 bridgehead atoms. The quantitative estimate of drug-likeness (QED) is 0.646. The zero-order valence-corrected chi connectivity index (χ0v) is 20.6. The largest absolute Gasteiger partial charge is 0.496 e. The molecule has 10 nitrogen and oxygen atoms in total. The van der Waals surface area contributed by atoms with E-state index in [0.29, 0.717) is 62.1 Å². The highest BCUT2D eigenvalue weighted by Crippen LogP contribution is 2.30. The van der Waals surface area contributed by atoms with Crippen molar-refractivity contribution in [2.24, 2.45) is 4.99 Å². The summed E-state index contributed by atoms with van der Waals surface area (Å²) in [6, 6.07) is 5.79. The van der Waals surface area contributed by atoms with Crippen LogP contribution in [0.25, 0.3) is 0 Å². The second-order valence-electron chi connectivity index (χ2n) is 9.31. The van der Waals surface area contributed by atoms with Gasteiger partial charge < -0.3 is 19.1 Å². The average molecular weight is 482 g/mol. The molecule has 2 amide bonds. The summed E-state index contributed by atoms with van der Waals surface area (Å²) >= 11 is 0. The molecule has 3 heterocycles. The second-order valence-corrected chi connectivity index (χ2v) is 9.31. The van der Waals surface area contributed by atoms with E-state index >= 15 is 0 Å². The number of methoxy groups -OCH3 is 1. The first-order chi connectivity index (χ1) is 16.8. The molecule has 2 aliphatic rings. The van der Waals surface area contributed by atoms with Crippen LogP contribution in [0.2, 0.25) is 0 Å². The van der Waals surface area contributed by atoms with Crippen molar-refractivity contribution in [3.05, 3.63) is 47.4 Å². The van der Waals surface area contributed by atoms with Gasteiger partial charge in [0.15, 0.2) is 5.82 Å². The van der Waals surface area contributed by atoms with Crippen LogP contribution in [0.3, 0.4) is 0 Å².